The van der Waals surface area contributed by atoms with E-state index in [2.05, 4.69) is 5.32 Å². The van der Waals surface area contributed by atoms with E-state index in [1.807, 2.05) is 18.2 Å². The Bertz CT molecular complexity index is 1090. The SMILES string of the molecule is COc1ccc(S(N)(=O)=O)cc1C(=O)NCC1(c2ccc3c(c2)OCO3)CCOCC1. The van der Waals surface area contributed by atoms with Gasteiger partial charge in [0, 0.05) is 25.2 Å². The van der Waals surface area contributed by atoms with E-state index in [9.17, 15) is 13.2 Å². The van der Waals surface area contributed by atoms with Crippen molar-refractivity contribution >= 4 is 15.9 Å². The number of sulfonamides is 1. The standard InChI is InChI=1S/C21H24N2O7S/c1-27-17-5-3-15(31(22,25)26)11-16(17)20(24)23-12-21(6-8-28-9-7-21)14-2-4-18-19(10-14)30-13-29-18/h2-5,10-11H,6-9,12-13H2,1H3,(H,23,24)(H2,22,25,26). The lowest BCUT2D eigenvalue weighted by Crippen LogP contribution is -2.44. The highest BCUT2D eigenvalue weighted by Crippen LogP contribution is 2.40. The predicted octanol–water partition coefficient (Wildman–Crippen LogP) is 1.55. The number of amides is 1. The Kier molecular flexibility index (Phi) is 5.78. The molecule has 1 fully saturated rings. The van der Waals surface area contributed by atoms with Crippen molar-refractivity contribution in [2.75, 3.05) is 33.7 Å². The van der Waals surface area contributed by atoms with Crippen LogP contribution in [0.15, 0.2) is 41.3 Å². The van der Waals surface area contributed by atoms with Crippen LogP contribution < -0.4 is 24.7 Å². The average Bonchev–Trinajstić information content (AvgIpc) is 3.25. The third kappa shape index (κ3) is 4.32. The van der Waals surface area contributed by atoms with Gasteiger partial charge >= 0.3 is 0 Å². The minimum Gasteiger partial charge on any atom is -0.496 e. The van der Waals surface area contributed by atoms with Crippen molar-refractivity contribution in [2.24, 2.45) is 5.14 Å². The number of primary sulfonamides is 1. The minimum atomic E-state index is -3.96. The van der Waals surface area contributed by atoms with Gasteiger partial charge in [-0.1, -0.05) is 6.07 Å². The summed E-state index contributed by atoms with van der Waals surface area (Å²) in [4.78, 5) is 12.8. The summed E-state index contributed by atoms with van der Waals surface area (Å²) in [5.74, 6) is 1.18. The van der Waals surface area contributed by atoms with E-state index in [1.54, 1.807) is 0 Å². The van der Waals surface area contributed by atoms with Crippen LogP contribution in [-0.4, -0.2) is 48.0 Å². The number of ether oxygens (including phenoxy) is 4. The van der Waals surface area contributed by atoms with Crippen LogP contribution in [0.4, 0.5) is 0 Å². The van der Waals surface area contributed by atoms with Gasteiger partial charge in [-0.3, -0.25) is 4.79 Å². The van der Waals surface area contributed by atoms with E-state index in [0.29, 0.717) is 44.1 Å². The largest absolute Gasteiger partial charge is 0.496 e. The fourth-order valence-corrected chi connectivity index (χ4v) is 4.48. The predicted molar refractivity (Wildman–Crippen MR) is 111 cm³/mol. The zero-order valence-electron chi connectivity index (χ0n) is 17.1. The van der Waals surface area contributed by atoms with Crippen LogP contribution in [0.3, 0.4) is 0 Å². The molecule has 2 aromatic carbocycles. The Morgan fingerprint density at radius 1 is 1.13 bits per heavy atom. The summed E-state index contributed by atoms with van der Waals surface area (Å²) >= 11 is 0. The Balaban J connectivity index is 1.60. The number of benzene rings is 2. The third-order valence-electron chi connectivity index (χ3n) is 5.77. The molecule has 0 spiro atoms. The second kappa shape index (κ2) is 8.37. The molecule has 2 heterocycles. The fourth-order valence-electron chi connectivity index (χ4n) is 3.94. The lowest BCUT2D eigenvalue weighted by atomic mass is 9.74. The minimum absolute atomic E-state index is 0.0990. The maximum absolute atomic E-state index is 13.0. The highest BCUT2D eigenvalue weighted by Gasteiger charge is 2.36. The number of hydrogen-bond donors (Lipinski definition) is 2. The van der Waals surface area contributed by atoms with Crippen LogP contribution >= 0.6 is 0 Å². The summed E-state index contributed by atoms with van der Waals surface area (Å²) < 4.78 is 45.1. The molecule has 2 aliphatic heterocycles. The molecule has 2 aliphatic rings. The van der Waals surface area contributed by atoms with Crippen molar-refractivity contribution in [2.45, 2.75) is 23.2 Å². The molecule has 1 saturated heterocycles. The summed E-state index contributed by atoms with van der Waals surface area (Å²) in [5, 5.41) is 8.16. The van der Waals surface area contributed by atoms with Crippen LogP contribution in [0.2, 0.25) is 0 Å². The Hall–Kier alpha value is -2.82. The third-order valence-corrected chi connectivity index (χ3v) is 6.68. The summed E-state index contributed by atoms with van der Waals surface area (Å²) in [6.45, 7) is 1.65. The molecule has 1 amide bonds. The van der Waals surface area contributed by atoms with Gasteiger partial charge in [0.2, 0.25) is 16.8 Å². The molecule has 0 saturated carbocycles. The van der Waals surface area contributed by atoms with E-state index < -0.39 is 15.9 Å². The number of rotatable bonds is 6. The molecule has 0 unspecified atom stereocenters. The monoisotopic (exact) mass is 448 g/mol. The topological polar surface area (TPSA) is 126 Å². The summed E-state index contributed by atoms with van der Waals surface area (Å²) in [5.41, 5.74) is 0.757. The number of fused-ring (bicyclic) bond motifs is 1. The number of carbonyl (C=O) groups is 1. The summed E-state index contributed by atoms with van der Waals surface area (Å²) in [7, 11) is -2.55. The molecule has 10 heteroatoms. The molecule has 31 heavy (non-hydrogen) atoms. The Morgan fingerprint density at radius 3 is 2.58 bits per heavy atom. The lowest BCUT2D eigenvalue weighted by Gasteiger charge is -2.38. The van der Waals surface area contributed by atoms with E-state index in [-0.39, 0.29) is 28.4 Å². The summed E-state index contributed by atoms with van der Waals surface area (Å²) in [6.07, 6.45) is 1.42. The molecule has 0 radical (unpaired) electrons. The number of hydrogen-bond acceptors (Lipinski definition) is 7. The average molecular weight is 448 g/mol. The molecular weight excluding hydrogens is 424 g/mol. The fraction of sp³-hybridized carbons (Fsp3) is 0.381. The molecule has 3 N–H and O–H groups in total. The molecule has 9 nitrogen and oxygen atoms in total. The van der Waals surface area contributed by atoms with E-state index in [1.165, 1.54) is 25.3 Å². The molecule has 0 bridgehead atoms. The Morgan fingerprint density at radius 2 is 1.87 bits per heavy atom. The highest BCUT2D eigenvalue weighted by atomic mass is 32.2. The molecule has 0 aliphatic carbocycles. The molecule has 4 rings (SSSR count). The van der Waals surface area contributed by atoms with Gasteiger partial charge in [-0.25, -0.2) is 13.6 Å². The van der Waals surface area contributed by atoms with Gasteiger partial charge < -0.3 is 24.3 Å². The maximum Gasteiger partial charge on any atom is 0.255 e. The second-order valence-electron chi connectivity index (χ2n) is 7.55. The molecule has 166 valence electrons. The number of nitrogens with one attached hydrogen (secondary N) is 1. The quantitative estimate of drug-likeness (QED) is 0.687. The smallest absolute Gasteiger partial charge is 0.255 e. The normalized spacial score (nSPS) is 17.2. The first-order valence-corrected chi connectivity index (χ1v) is 11.3. The van der Waals surface area contributed by atoms with Crippen LogP contribution in [0.5, 0.6) is 17.2 Å². The number of methoxy groups -OCH3 is 1. The Labute approximate surface area is 180 Å². The van der Waals surface area contributed by atoms with Gasteiger partial charge in [-0.15, -0.1) is 0 Å². The second-order valence-corrected chi connectivity index (χ2v) is 9.11. The van der Waals surface area contributed by atoms with Crippen molar-refractivity contribution in [3.63, 3.8) is 0 Å². The number of nitrogens with two attached hydrogens (primary N) is 1. The molecule has 2 aromatic rings. The van der Waals surface area contributed by atoms with Crippen molar-refractivity contribution in [1.29, 1.82) is 0 Å². The van der Waals surface area contributed by atoms with Gasteiger partial charge in [-0.2, -0.15) is 0 Å². The maximum atomic E-state index is 13.0. The van der Waals surface area contributed by atoms with Crippen molar-refractivity contribution < 1.29 is 32.2 Å². The van der Waals surface area contributed by atoms with Crippen LogP contribution in [0.25, 0.3) is 0 Å². The van der Waals surface area contributed by atoms with Crippen molar-refractivity contribution in [3.8, 4) is 17.2 Å². The first kappa shape index (κ1) is 21.4. The van der Waals surface area contributed by atoms with E-state index in [4.69, 9.17) is 24.1 Å². The molecular formula is C21H24N2O7S. The van der Waals surface area contributed by atoms with Gasteiger partial charge in [0.1, 0.15) is 5.75 Å². The van der Waals surface area contributed by atoms with Crippen molar-refractivity contribution in [3.05, 3.63) is 47.5 Å². The molecule has 0 aromatic heterocycles. The first-order valence-electron chi connectivity index (χ1n) is 9.79. The van der Waals surface area contributed by atoms with E-state index >= 15 is 0 Å². The zero-order chi connectivity index (χ0) is 22.1. The van der Waals surface area contributed by atoms with Gasteiger partial charge in [0.15, 0.2) is 11.5 Å². The van der Waals surface area contributed by atoms with E-state index in [0.717, 1.165) is 5.56 Å². The van der Waals surface area contributed by atoms with Gasteiger partial charge in [0.25, 0.3) is 5.91 Å². The highest BCUT2D eigenvalue weighted by molar-refractivity contribution is 7.89. The van der Waals surface area contributed by atoms with Crippen LogP contribution in [-0.2, 0) is 20.2 Å². The first-order chi connectivity index (χ1) is 14.8. The van der Waals surface area contributed by atoms with Crippen LogP contribution in [0.1, 0.15) is 28.8 Å². The molecule has 0 atom stereocenters. The lowest BCUT2D eigenvalue weighted by molar-refractivity contribution is 0.0486. The van der Waals surface area contributed by atoms with Crippen LogP contribution in [0, 0.1) is 0 Å². The summed E-state index contributed by atoms with van der Waals surface area (Å²) in [6, 6.07) is 9.74. The zero-order valence-corrected chi connectivity index (χ0v) is 17.9. The van der Waals surface area contributed by atoms with Gasteiger partial charge in [-0.05, 0) is 48.7 Å². The van der Waals surface area contributed by atoms with Gasteiger partial charge in [0.05, 0.1) is 17.6 Å². The number of carbonyl (C=O) groups excluding carboxylic acids is 1. The van der Waals surface area contributed by atoms with Crippen molar-refractivity contribution in [1.82, 2.24) is 5.32 Å².